The summed E-state index contributed by atoms with van der Waals surface area (Å²) in [5.41, 5.74) is 8.60. The zero-order valence-electron chi connectivity index (χ0n) is 10.7. The van der Waals surface area contributed by atoms with E-state index in [9.17, 15) is 0 Å². The normalized spacial score (nSPS) is 19.2. The Kier molecular flexibility index (Phi) is 4.57. The molecule has 17 heavy (non-hydrogen) atoms. The van der Waals surface area contributed by atoms with E-state index in [1.165, 1.54) is 43.2 Å². The van der Waals surface area contributed by atoms with Crippen molar-refractivity contribution in [3.63, 3.8) is 0 Å². The van der Waals surface area contributed by atoms with E-state index in [-0.39, 0.29) is 6.04 Å². The van der Waals surface area contributed by atoms with Crippen LogP contribution in [-0.2, 0) is 4.74 Å². The fraction of sp³-hybridized carbons (Fsp3) is 0.600. The molecule has 0 saturated heterocycles. The molecule has 2 rings (SSSR count). The van der Waals surface area contributed by atoms with Gasteiger partial charge in [0.15, 0.2) is 0 Å². The predicted molar refractivity (Wildman–Crippen MR) is 70.9 cm³/mol. The molecule has 2 nitrogen and oxygen atoms in total. The Bertz CT molecular complexity index is 345. The lowest BCUT2D eigenvalue weighted by molar-refractivity contribution is 0.0206. The van der Waals surface area contributed by atoms with Crippen LogP contribution in [0.3, 0.4) is 0 Å². The number of ether oxygens (including phenoxy) is 1. The first-order valence-electron chi connectivity index (χ1n) is 6.69. The third kappa shape index (κ3) is 3.83. The molecule has 1 aliphatic carbocycles. The van der Waals surface area contributed by atoms with E-state index < -0.39 is 0 Å². The third-order valence-corrected chi connectivity index (χ3v) is 3.53. The Hall–Kier alpha value is -0.860. The Balaban J connectivity index is 1.82. The first kappa shape index (κ1) is 12.6. The molecular weight excluding hydrogens is 210 g/mol. The van der Waals surface area contributed by atoms with Gasteiger partial charge in [-0.15, -0.1) is 0 Å². The number of aryl methyl sites for hydroxylation is 1. The third-order valence-electron chi connectivity index (χ3n) is 3.53. The minimum Gasteiger partial charge on any atom is -0.376 e. The highest BCUT2D eigenvalue weighted by Crippen LogP contribution is 2.21. The first-order valence-corrected chi connectivity index (χ1v) is 6.69. The first-order chi connectivity index (χ1) is 8.25. The second-order valence-corrected chi connectivity index (χ2v) is 5.11. The van der Waals surface area contributed by atoms with Gasteiger partial charge in [0, 0.05) is 0 Å². The van der Waals surface area contributed by atoms with Crippen molar-refractivity contribution < 1.29 is 4.74 Å². The summed E-state index contributed by atoms with van der Waals surface area (Å²) in [4.78, 5) is 0. The predicted octanol–water partition coefficient (Wildman–Crippen LogP) is 3.34. The second-order valence-electron chi connectivity index (χ2n) is 5.11. The molecule has 2 heteroatoms. The van der Waals surface area contributed by atoms with E-state index in [0.29, 0.717) is 12.7 Å². The standard InChI is InChI=1S/C15H23NO/c1-12-6-5-7-13(10-12)15(16)11-17-14-8-3-2-4-9-14/h5-7,10,14-15H,2-4,8-9,11,16H2,1H3. The fourth-order valence-corrected chi connectivity index (χ4v) is 2.47. The zero-order valence-corrected chi connectivity index (χ0v) is 10.7. The molecule has 1 aromatic carbocycles. The monoisotopic (exact) mass is 233 g/mol. The minimum atomic E-state index is 0.0110. The number of hydrogen-bond donors (Lipinski definition) is 1. The van der Waals surface area contributed by atoms with Crippen LogP contribution in [-0.4, -0.2) is 12.7 Å². The molecule has 0 heterocycles. The summed E-state index contributed by atoms with van der Waals surface area (Å²) >= 11 is 0. The maximum atomic E-state index is 6.16. The smallest absolute Gasteiger partial charge is 0.0663 e. The molecule has 0 aromatic heterocycles. The van der Waals surface area contributed by atoms with Gasteiger partial charge >= 0.3 is 0 Å². The van der Waals surface area contributed by atoms with E-state index in [1.807, 2.05) is 0 Å². The van der Waals surface area contributed by atoms with Gasteiger partial charge < -0.3 is 10.5 Å². The highest BCUT2D eigenvalue weighted by molar-refractivity contribution is 5.24. The Morgan fingerprint density at radius 2 is 2.06 bits per heavy atom. The summed E-state index contributed by atoms with van der Waals surface area (Å²) in [5.74, 6) is 0. The average Bonchev–Trinajstić information content (AvgIpc) is 2.37. The summed E-state index contributed by atoms with van der Waals surface area (Å²) in [5, 5.41) is 0. The highest BCUT2D eigenvalue weighted by atomic mass is 16.5. The molecule has 94 valence electrons. The lowest BCUT2D eigenvalue weighted by Gasteiger charge is -2.24. The number of benzene rings is 1. The van der Waals surface area contributed by atoms with Gasteiger partial charge in [-0.05, 0) is 25.3 Å². The average molecular weight is 233 g/mol. The molecule has 1 aromatic rings. The molecular formula is C15H23NO. The summed E-state index contributed by atoms with van der Waals surface area (Å²) < 4.78 is 5.91. The van der Waals surface area contributed by atoms with Gasteiger partial charge in [-0.3, -0.25) is 0 Å². The molecule has 1 saturated carbocycles. The van der Waals surface area contributed by atoms with Crippen LogP contribution in [0.2, 0.25) is 0 Å². The SMILES string of the molecule is Cc1cccc(C(N)COC2CCCCC2)c1. The van der Waals surface area contributed by atoms with Crippen molar-refractivity contribution in [3.05, 3.63) is 35.4 Å². The summed E-state index contributed by atoms with van der Waals surface area (Å²) in [6, 6.07) is 8.40. The van der Waals surface area contributed by atoms with Crippen LogP contribution in [0, 0.1) is 6.92 Å². The van der Waals surface area contributed by atoms with Crippen LogP contribution < -0.4 is 5.73 Å². The quantitative estimate of drug-likeness (QED) is 0.865. The van der Waals surface area contributed by atoms with Crippen molar-refractivity contribution >= 4 is 0 Å². The van der Waals surface area contributed by atoms with Gasteiger partial charge in [-0.2, -0.15) is 0 Å². The van der Waals surface area contributed by atoms with Crippen molar-refractivity contribution in [2.24, 2.45) is 5.73 Å². The van der Waals surface area contributed by atoms with Crippen LogP contribution in [0.25, 0.3) is 0 Å². The Morgan fingerprint density at radius 1 is 1.29 bits per heavy atom. The van der Waals surface area contributed by atoms with E-state index in [2.05, 4.69) is 31.2 Å². The number of nitrogens with two attached hydrogens (primary N) is 1. The van der Waals surface area contributed by atoms with Gasteiger partial charge in [-0.1, -0.05) is 49.1 Å². The van der Waals surface area contributed by atoms with Crippen LogP contribution in [0.15, 0.2) is 24.3 Å². The van der Waals surface area contributed by atoms with Gasteiger partial charge in [0.25, 0.3) is 0 Å². The molecule has 1 atom stereocenters. The van der Waals surface area contributed by atoms with E-state index in [1.54, 1.807) is 0 Å². The van der Waals surface area contributed by atoms with Gasteiger partial charge in [0.1, 0.15) is 0 Å². The minimum absolute atomic E-state index is 0.0110. The molecule has 1 aliphatic rings. The zero-order chi connectivity index (χ0) is 12.1. The summed E-state index contributed by atoms with van der Waals surface area (Å²) in [7, 11) is 0. The van der Waals surface area contributed by atoms with Crippen molar-refractivity contribution in [3.8, 4) is 0 Å². The molecule has 2 N–H and O–H groups in total. The lowest BCUT2D eigenvalue weighted by atomic mass is 9.97. The molecule has 1 unspecified atom stereocenters. The second kappa shape index (κ2) is 6.18. The van der Waals surface area contributed by atoms with Crippen molar-refractivity contribution in [1.29, 1.82) is 0 Å². The molecule has 0 bridgehead atoms. The molecule has 1 fully saturated rings. The van der Waals surface area contributed by atoms with Crippen molar-refractivity contribution in [2.75, 3.05) is 6.61 Å². The van der Waals surface area contributed by atoms with E-state index in [4.69, 9.17) is 10.5 Å². The topological polar surface area (TPSA) is 35.2 Å². The summed E-state index contributed by atoms with van der Waals surface area (Å²) in [6.45, 7) is 2.74. The van der Waals surface area contributed by atoms with E-state index >= 15 is 0 Å². The van der Waals surface area contributed by atoms with Gasteiger partial charge in [-0.25, -0.2) is 0 Å². The molecule has 0 amide bonds. The number of hydrogen-bond acceptors (Lipinski definition) is 2. The van der Waals surface area contributed by atoms with Crippen LogP contribution in [0.1, 0.15) is 49.3 Å². The van der Waals surface area contributed by atoms with Crippen molar-refractivity contribution in [2.45, 2.75) is 51.2 Å². The Labute approximate surface area is 104 Å². The van der Waals surface area contributed by atoms with Gasteiger partial charge in [0.05, 0.1) is 18.8 Å². The molecule has 0 radical (unpaired) electrons. The maximum absolute atomic E-state index is 6.16. The molecule has 0 aliphatic heterocycles. The largest absolute Gasteiger partial charge is 0.376 e. The van der Waals surface area contributed by atoms with Crippen LogP contribution >= 0.6 is 0 Å². The Morgan fingerprint density at radius 3 is 2.76 bits per heavy atom. The molecule has 0 spiro atoms. The van der Waals surface area contributed by atoms with E-state index in [0.717, 1.165) is 0 Å². The van der Waals surface area contributed by atoms with Gasteiger partial charge in [0.2, 0.25) is 0 Å². The lowest BCUT2D eigenvalue weighted by Crippen LogP contribution is -2.24. The maximum Gasteiger partial charge on any atom is 0.0663 e. The fourth-order valence-electron chi connectivity index (χ4n) is 2.47. The summed E-state index contributed by atoms with van der Waals surface area (Å²) in [6.07, 6.45) is 6.85. The van der Waals surface area contributed by atoms with Crippen molar-refractivity contribution in [1.82, 2.24) is 0 Å². The van der Waals surface area contributed by atoms with Crippen LogP contribution in [0.4, 0.5) is 0 Å². The highest BCUT2D eigenvalue weighted by Gasteiger charge is 2.15. The number of rotatable bonds is 4. The van der Waals surface area contributed by atoms with Crippen LogP contribution in [0.5, 0.6) is 0 Å².